The molecule has 0 spiro atoms. The average Bonchev–Trinajstić information content (AvgIpc) is 2.96. The minimum absolute atomic E-state index is 0.209. The summed E-state index contributed by atoms with van der Waals surface area (Å²) in [4.78, 5) is 13.0. The van der Waals surface area contributed by atoms with E-state index >= 15 is 0 Å². The summed E-state index contributed by atoms with van der Waals surface area (Å²) in [6.45, 7) is 14.6. The van der Waals surface area contributed by atoms with Gasteiger partial charge in [-0.25, -0.2) is 0 Å². The zero-order valence-corrected chi connectivity index (χ0v) is 19.7. The quantitative estimate of drug-likeness (QED) is 0.479. The highest BCUT2D eigenvalue weighted by Gasteiger charge is 2.45. The minimum Gasteiger partial charge on any atom is -0.462 e. The maximum Gasteiger partial charge on any atom is 0.312 e. The predicted molar refractivity (Wildman–Crippen MR) is 116 cm³/mol. The zero-order valence-electron chi connectivity index (χ0n) is 18.1. The molecule has 1 aliphatic rings. The standard InChI is InChI=1S/C23H33BrO4/c1-16(24)19(17-11-9-8-10-12-17)13-21(2,3)22(4,5)20(25)26-14-18-15-27-23(6,7)28-18/h8-12,18H,13-15H2,1-7H3/b19-16-. The molecule has 0 aromatic heterocycles. The summed E-state index contributed by atoms with van der Waals surface area (Å²) in [6, 6.07) is 10.3. The number of halogens is 1. The molecule has 1 unspecified atom stereocenters. The van der Waals surface area contributed by atoms with Crippen LogP contribution >= 0.6 is 15.9 Å². The molecule has 0 bridgehead atoms. The van der Waals surface area contributed by atoms with Gasteiger partial charge in [0.1, 0.15) is 12.7 Å². The van der Waals surface area contributed by atoms with E-state index in [1.54, 1.807) is 0 Å². The molecule has 0 aliphatic carbocycles. The normalized spacial score (nSPS) is 20.6. The number of esters is 1. The minimum atomic E-state index is -0.676. The second-order valence-electron chi connectivity index (χ2n) is 9.11. The van der Waals surface area contributed by atoms with E-state index in [0.717, 1.165) is 16.5 Å². The molecule has 0 saturated carbocycles. The number of hydrogen-bond donors (Lipinski definition) is 0. The fourth-order valence-corrected chi connectivity index (χ4v) is 3.56. The van der Waals surface area contributed by atoms with Crippen LogP contribution in [-0.4, -0.2) is 31.1 Å². The first-order valence-corrected chi connectivity index (χ1v) is 10.5. The van der Waals surface area contributed by atoms with Gasteiger partial charge < -0.3 is 14.2 Å². The number of rotatable bonds is 7. The van der Waals surface area contributed by atoms with Crippen molar-refractivity contribution >= 4 is 27.5 Å². The Morgan fingerprint density at radius 1 is 1.21 bits per heavy atom. The molecule has 1 fully saturated rings. The monoisotopic (exact) mass is 452 g/mol. The third-order valence-corrected chi connectivity index (χ3v) is 6.31. The van der Waals surface area contributed by atoms with Crippen LogP contribution in [0.15, 0.2) is 34.8 Å². The van der Waals surface area contributed by atoms with Gasteiger partial charge in [-0.1, -0.05) is 60.1 Å². The highest BCUT2D eigenvalue weighted by molar-refractivity contribution is 9.11. The van der Waals surface area contributed by atoms with Crippen LogP contribution in [-0.2, 0) is 19.0 Å². The third-order valence-electron chi connectivity index (χ3n) is 5.83. The molecular weight excluding hydrogens is 420 g/mol. The van der Waals surface area contributed by atoms with Crippen molar-refractivity contribution in [1.82, 2.24) is 0 Å². The van der Waals surface area contributed by atoms with E-state index in [9.17, 15) is 4.79 Å². The van der Waals surface area contributed by atoms with Crippen molar-refractivity contribution in [3.63, 3.8) is 0 Å². The van der Waals surface area contributed by atoms with Crippen molar-refractivity contribution in [2.45, 2.75) is 66.8 Å². The average molecular weight is 453 g/mol. The Kier molecular flexibility index (Phi) is 7.17. The van der Waals surface area contributed by atoms with E-state index in [1.165, 1.54) is 5.57 Å². The van der Waals surface area contributed by atoms with Gasteiger partial charge in [0.15, 0.2) is 5.79 Å². The van der Waals surface area contributed by atoms with Crippen molar-refractivity contribution in [1.29, 1.82) is 0 Å². The van der Waals surface area contributed by atoms with Gasteiger partial charge in [-0.2, -0.15) is 0 Å². The molecule has 28 heavy (non-hydrogen) atoms. The number of carbonyl (C=O) groups is 1. The van der Waals surface area contributed by atoms with E-state index in [4.69, 9.17) is 14.2 Å². The molecule has 2 rings (SSSR count). The lowest BCUT2D eigenvalue weighted by atomic mass is 9.64. The molecule has 1 aliphatic heterocycles. The van der Waals surface area contributed by atoms with Gasteiger partial charge >= 0.3 is 5.97 Å². The highest BCUT2D eigenvalue weighted by Crippen LogP contribution is 2.47. The molecule has 1 aromatic rings. The summed E-state index contributed by atoms with van der Waals surface area (Å²) in [5.74, 6) is -0.834. The van der Waals surface area contributed by atoms with E-state index in [1.807, 2.05) is 52.8 Å². The molecule has 1 atom stereocenters. The van der Waals surface area contributed by atoms with E-state index in [-0.39, 0.29) is 24.1 Å². The smallest absolute Gasteiger partial charge is 0.312 e. The van der Waals surface area contributed by atoms with Gasteiger partial charge in [-0.15, -0.1) is 0 Å². The molecule has 1 heterocycles. The topological polar surface area (TPSA) is 44.8 Å². The number of hydrogen-bond acceptors (Lipinski definition) is 4. The first kappa shape index (κ1) is 23.1. The molecule has 156 valence electrons. The second kappa shape index (κ2) is 8.68. The number of benzene rings is 1. The highest BCUT2D eigenvalue weighted by atomic mass is 79.9. The molecule has 1 saturated heterocycles. The van der Waals surface area contributed by atoms with Gasteiger partial charge in [0.2, 0.25) is 0 Å². The van der Waals surface area contributed by atoms with Gasteiger partial charge in [0.25, 0.3) is 0 Å². The second-order valence-corrected chi connectivity index (χ2v) is 10.3. The molecule has 0 amide bonds. The summed E-state index contributed by atoms with van der Waals surface area (Å²) in [7, 11) is 0. The number of allylic oxidation sites excluding steroid dienone is 2. The number of carbonyl (C=O) groups excluding carboxylic acids is 1. The summed E-state index contributed by atoms with van der Waals surface area (Å²) in [6.07, 6.45) is 0.522. The Balaban J connectivity index is 2.09. The molecule has 5 heteroatoms. The van der Waals surface area contributed by atoms with Crippen molar-refractivity contribution in [2.24, 2.45) is 10.8 Å². The third kappa shape index (κ3) is 5.46. The lowest BCUT2D eigenvalue weighted by Gasteiger charge is -2.40. The van der Waals surface area contributed by atoms with Crippen LogP contribution in [0.4, 0.5) is 0 Å². The Morgan fingerprint density at radius 3 is 2.32 bits per heavy atom. The Hall–Kier alpha value is -1.17. The summed E-state index contributed by atoms with van der Waals surface area (Å²) < 4.78 is 18.0. The van der Waals surface area contributed by atoms with Crippen LogP contribution in [0.25, 0.3) is 5.57 Å². The lowest BCUT2D eigenvalue weighted by molar-refractivity contribution is -0.170. The largest absolute Gasteiger partial charge is 0.462 e. The molecule has 0 N–H and O–H groups in total. The van der Waals surface area contributed by atoms with Crippen LogP contribution in [0.3, 0.4) is 0 Å². The van der Waals surface area contributed by atoms with E-state index in [0.29, 0.717) is 6.61 Å². The molecule has 1 aromatic carbocycles. The number of ether oxygens (including phenoxy) is 3. The Labute approximate surface area is 177 Å². The zero-order chi connectivity index (χ0) is 21.2. The van der Waals surface area contributed by atoms with Crippen molar-refractivity contribution in [2.75, 3.05) is 13.2 Å². The van der Waals surface area contributed by atoms with E-state index in [2.05, 4.69) is 41.9 Å². The van der Waals surface area contributed by atoms with Gasteiger partial charge in [-0.05, 0) is 62.1 Å². The van der Waals surface area contributed by atoms with Crippen LogP contribution in [0.5, 0.6) is 0 Å². The van der Waals surface area contributed by atoms with Crippen LogP contribution in [0.2, 0.25) is 0 Å². The molecule has 0 radical (unpaired) electrons. The Morgan fingerprint density at radius 2 is 1.82 bits per heavy atom. The van der Waals surface area contributed by atoms with Gasteiger partial charge in [-0.3, -0.25) is 4.79 Å². The van der Waals surface area contributed by atoms with Crippen molar-refractivity contribution < 1.29 is 19.0 Å². The first-order chi connectivity index (χ1) is 12.9. The van der Waals surface area contributed by atoms with Gasteiger partial charge in [0, 0.05) is 0 Å². The van der Waals surface area contributed by atoms with Crippen molar-refractivity contribution in [3.8, 4) is 0 Å². The SMILES string of the molecule is C/C(Br)=C(\CC(C)(C)C(C)(C)C(=O)OCC1COC(C)(C)O1)c1ccccc1. The van der Waals surface area contributed by atoms with Gasteiger partial charge in [0.05, 0.1) is 12.0 Å². The molecule has 4 nitrogen and oxygen atoms in total. The first-order valence-electron chi connectivity index (χ1n) is 9.75. The molecular formula is C23H33BrO4. The van der Waals surface area contributed by atoms with Crippen LogP contribution in [0.1, 0.15) is 60.5 Å². The summed E-state index contributed by atoms with van der Waals surface area (Å²) in [5, 5.41) is 0. The van der Waals surface area contributed by atoms with E-state index < -0.39 is 11.2 Å². The summed E-state index contributed by atoms with van der Waals surface area (Å²) >= 11 is 3.65. The maximum atomic E-state index is 13.0. The van der Waals surface area contributed by atoms with Crippen molar-refractivity contribution in [3.05, 3.63) is 40.4 Å². The fourth-order valence-electron chi connectivity index (χ4n) is 3.20. The maximum absolute atomic E-state index is 13.0. The fraction of sp³-hybridized carbons (Fsp3) is 0.609. The predicted octanol–water partition coefficient (Wildman–Crippen LogP) is 5.95. The Bertz CT molecular complexity index is 715. The van der Waals surface area contributed by atoms with Crippen LogP contribution < -0.4 is 0 Å². The summed E-state index contributed by atoms with van der Waals surface area (Å²) in [5.41, 5.74) is 1.36. The lowest BCUT2D eigenvalue weighted by Crippen LogP contribution is -2.42. The van der Waals surface area contributed by atoms with Crippen LogP contribution in [0, 0.1) is 10.8 Å².